The van der Waals surface area contributed by atoms with Gasteiger partial charge < -0.3 is 39.8 Å². The molecule has 13 heteroatoms. The van der Waals surface area contributed by atoms with Crippen molar-refractivity contribution in [1.29, 1.82) is 0 Å². The van der Waals surface area contributed by atoms with Crippen LogP contribution in [0, 0.1) is 13.8 Å². The number of benzene rings is 2. The molecule has 0 spiro atoms. The number of aliphatic hydroxyl groups excluding tert-OH is 1. The van der Waals surface area contributed by atoms with Crippen LogP contribution in [-0.2, 0) is 27.2 Å². The first-order chi connectivity index (χ1) is 22.4. The van der Waals surface area contributed by atoms with Crippen LogP contribution in [0.15, 0.2) is 6.07 Å². The zero-order valence-corrected chi connectivity index (χ0v) is 27.9. The number of rotatable bonds is 8. The van der Waals surface area contributed by atoms with Crippen LogP contribution in [0.25, 0.3) is 0 Å². The van der Waals surface area contributed by atoms with Crippen molar-refractivity contribution in [2.24, 2.45) is 0 Å². The third-order valence-electron chi connectivity index (χ3n) is 10.1. The number of nitrogens with one attached hydrogen (secondary N) is 2. The van der Waals surface area contributed by atoms with Gasteiger partial charge in [-0.25, -0.2) is 0 Å². The molecule has 0 aliphatic carbocycles. The second-order valence-electron chi connectivity index (χ2n) is 13.0. The zero-order chi connectivity index (χ0) is 33.9. The number of aromatic hydroxyl groups is 1. The van der Waals surface area contributed by atoms with Crippen LogP contribution in [0.2, 0.25) is 0 Å². The fraction of sp³-hybridized carbons (Fsp3) is 0.559. The fourth-order valence-electron chi connectivity index (χ4n) is 8.08. The smallest absolute Gasteiger partial charge is 0.308 e. The summed E-state index contributed by atoms with van der Waals surface area (Å²) in [6.45, 7) is 8.56. The second kappa shape index (κ2) is 12.5. The Labute approximate surface area is 274 Å². The second-order valence-corrected chi connectivity index (χ2v) is 13.0. The number of phenols is 1. The number of hydrogen-bond acceptors (Lipinski definition) is 11. The summed E-state index contributed by atoms with van der Waals surface area (Å²) in [5, 5.41) is 29.6. The molecule has 6 rings (SSSR count). The van der Waals surface area contributed by atoms with Gasteiger partial charge in [0.2, 0.25) is 18.6 Å². The Morgan fingerprint density at radius 3 is 2.51 bits per heavy atom. The molecule has 2 bridgehead atoms. The van der Waals surface area contributed by atoms with Crippen molar-refractivity contribution in [3.8, 4) is 28.7 Å². The molecular weight excluding hydrogens is 608 g/mol. The van der Waals surface area contributed by atoms with E-state index in [2.05, 4.69) is 15.5 Å². The van der Waals surface area contributed by atoms with Crippen molar-refractivity contribution in [2.45, 2.75) is 96.7 Å². The maximum Gasteiger partial charge on any atom is 0.308 e. The van der Waals surface area contributed by atoms with Crippen LogP contribution >= 0.6 is 0 Å². The van der Waals surface area contributed by atoms with Gasteiger partial charge in [0.15, 0.2) is 23.0 Å². The molecule has 13 nitrogen and oxygen atoms in total. The maximum absolute atomic E-state index is 13.4. The van der Waals surface area contributed by atoms with E-state index in [1.54, 1.807) is 6.92 Å². The highest BCUT2D eigenvalue weighted by atomic mass is 16.7. The van der Waals surface area contributed by atoms with Gasteiger partial charge in [0, 0.05) is 48.2 Å². The first-order valence-electron chi connectivity index (χ1n) is 16.2. The number of carbonyl (C=O) groups is 3. The lowest BCUT2D eigenvalue weighted by Crippen LogP contribution is -2.69. The molecule has 1 unspecified atom stereocenters. The SMILES string of the molecule is CCCC(=O)N[C@@H](C)C(=O)NC[C@H]1c2c(c(OC(C)=O)c(C)c3c2OCO3)CC2[C@@H]3c4c(cc(C)c(OC)c4O)C[C@H]([C@H](O)N21)N3C. The number of hydrogen-bond donors (Lipinski definition) is 4. The minimum Gasteiger partial charge on any atom is -0.504 e. The molecule has 254 valence electrons. The highest BCUT2D eigenvalue weighted by Crippen LogP contribution is 2.58. The van der Waals surface area contributed by atoms with Crippen LogP contribution in [0.4, 0.5) is 0 Å². The Kier molecular flexibility index (Phi) is 8.75. The van der Waals surface area contributed by atoms with Crippen molar-refractivity contribution in [3.05, 3.63) is 39.4 Å². The van der Waals surface area contributed by atoms with Crippen LogP contribution < -0.4 is 29.6 Å². The number of fused-ring (bicyclic) bond motifs is 9. The average molecular weight is 653 g/mol. The average Bonchev–Trinajstić information content (AvgIpc) is 3.50. The van der Waals surface area contributed by atoms with Crippen LogP contribution in [-0.4, -0.2) is 89.6 Å². The van der Waals surface area contributed by atoms with Crippen LogP contribution in [0.3, 0.4) is 0 Å². The first kappa shape index (κ1) is 32.9. The Balaban J connectivity index is 1.50. The fourth-order valence-corrected chi connectivity index (χ4v) is 8.08. The Bertz CT molecular complexity index is 1630. The van der Waals surface area contributed by atoms with Crippen LogP contribution in [0.5, 0.6) is 28.7 Å². The number of methoxy groups -OCH3 is 1. The summed E-state index contributed by atoms with van der Waals surface area (Å²) in [5.41, 5.74) is 4.43. The number of aryl methyl sites for hydroxylation is 1. The van der Waals surface area contributed by atoms with Gasteiger partial charge in [-0.3, -0.25) is 24.2 Å². The summed E-state index contributed by atoms with van der Waals surface area (Å²) in [7, 11) is 3.47. The number of amides is 2. The number of aliphatic hydroxyl groups is 1. The van der Waals surface area contributed by atoms with E-state index < -0.39 is 36.4 Å². The highest BCUT2D eigenvalue weighted by Gasteiger charge is 2.56. The maximum atomic E-state index is 13.4. The summed E-state index contributed by atoms with van der Waals surface area (Å²) in [6.07, 6.45) is 0.795. The number of piperazine rings is 1. The molecule has 1 fully saturated rings. The summed E-state index contributed by atoms with van der Waals surface area (Å²) < 4.78 is 23.4. The van der Waals surface area contributed by atoms with Gasteiger partial charge in [-0.2, -0.15) is 0 Å². The van der Waals surface area contributed by atoms with E-state index in [4.69, 9.17) is 18.9 Å². The molecule has 2 aromatic rings. The number of phenolic OH excluding ortho intramolecular Hbond substituents is 1. The van der Waals surface area contributed by atoms with E-state index in [9.17, 15) is 24.6 Å². The van der Waals surface area contributed by atoms with E-state index in [0.717, 1.165) is 16.7 Å². The number of likely N-dealkylation sites (N-methyl/N-ethyl adjacent to an activating group) is 1. The largest absolute Gasteiger partial charge is 0.504 e. The normalized spacial score (nSPS) is 24.8. The lowest BCUT2D eigenvalue weighted by molar-refractivity contribution is -0.172. The van der Waals surface area contributed by atoms with Crippen molar-refractivity contribution in [1.82, 2.24) is 20.4 Å². The minimum absolute atomic E-state index is 0.0356. The molecule has 4 heterocycles. The summed E-state index contributed by atoms with van der Waals surface area (Å²) in [5.74, 6) is 0.638. The molecule has 4 N–H and O–H groups in total. The van der Waals surface area contributed by atoms with E-state index in [1.807, 2.05) is 38.8 Å². The molecular formula is C34H44N4O9. The lowest BCUT2D eigenvalue weighted by Gasteiger charge is -2.60. The van der Waals surface area contributed by atoms with E-state index >= 15 is 0 Å². The third kappa shape index (κ3) is 5.34. The quantitative estimate of drug-likeness (QED) is 0.245. The van der Waals surface area contributed by atoms with Gasteiger partial charge in [-0.15, -0.1) is 0 Å². The van der Waals surface area contributed by atoms with Gasteiger partial charge in [0.1, 0.15) is 18.0 Å². The number of nitrogens with zero attached hydrogens (tertiary/aromatic N) is 2. The molecule has 2 amide bonds. The van der Waals surface area contributed by atoms with E-state index in [1.165, 1.54) is 14.0 Å². The zero-order valence-electron chi connectivity index (χ0n) is 27.9. The molecule has 4 aliphatic rings. The van der Waals surface area contributed by atoms with Gasteiger partial charge >= 0.3 is 5.97 Å². The number of ether oxygens (including phenoxy) is 4. The highest BCUT2D eigenvalue weighted by molar-refractivity contribution is 5.87. The Hall–Kier alpha value is -4.07. The summed E-state index contributed by atoms with van der Waals surface area (Å²) >= 11 is 0. The third-order valence-corrected chi connectivity index (χ3v) is 10.1. The molecule has 0 radical (unpaired) electrons. The predicted octanol–water partition coefficient (Wildman–Crippen LogP) is 2.29. The summed E-state index contributed by atoms with van der Waals surface area (Å²) in [6, 6.07) is -0.597. The van der Waals surface area contributed by atoms with Gasteiger partial charge in [0.25, 0.3) is 0 Å². The standard InChI is InChI=1S/C34H44N4O9/c1-8-9-24(40)36-17(4)33(42)35-13-23-26-20(30(47-18(5)39)16(3)31-32(26)46-14-45-31)12-21-27-25-19(10-15(2)29(44-7)28(25)41)11-22(37(27)6)34(43)38(21)23/h10,17,21-23,27,34,41,43H,8-9,11-14H2,1-7H3,(H,35,42)(H,36,40)/t17-,21?,22+,23-,27+,34-/m0/s1. The molecule has 47 heavy (non-hydrogen) atoms. The van der Waals surface area contributed by atoms with Gasteiger partial charge in [-0.05, 0) is 58.2 Å². The molecule has 2 aromatic carbocycles. The molecule has 6 atom stereocenters. The van der Waals surface area contributed by atoms with E-state index in [0.29, 0.717) is 65.4 Å². The molecule has 0 aromatic heterocycles. The first-order valence-corrected chi connectivity index (χ1v) is 16.2. The summed E-state index contributed by atoms with van der Waals surface area (Å²) in [4.78, 5) is 42.1. The van der Waals surface area contributed by atoms with Gasteiger partial charge in [0.05, 0.1) is 25.2 Å². The number of esters is 1. The number of carbonyl (C=O) groups excluding carboxylic acids is 3. The van der Waals surface area contributed by atoms with E-state index in [-0.39, 0.29) is 36.9 Å². The molecule has 4 aliphatic heterocycles. The van der Waals surface area contributed by atoms with Gasteiger partial charge in [-0.1, -0.05) is 13.0 Å². The minimum atomic E-state index is -0.980. The van der Waals surface area contributed by atoms with Crippen LogP contribution in [0.1, 0.15) is 79.1 Å². The van der Waals surface area contributed by atoms with Crippen molar-refractivity contribution >= 4 is 17.8 Å². The molecule has 1 saturated heterocycles. The topological polar surface area (TPSA) is 159 Å². The van der Waals surface area contributed by atoms with Crippen molar-refractivity contribution in [2.75, 3.05) is 27.5 Å². The predicted molar refractivity (Wildman–Crippen MR) is 170 cm³/mol. The van der Waals surface area contributed by atoms with Crippen molar-refractivity contribution in [3.63, 3.8) is 0 Å². The lowest BCUT2D eigenvalue weighted by atomic mass is 9.73. The monoisotopic (exact) mass is 652 g/mol. The Morgan fingerprint density at radius 2 is 1.83 bits per heavy atom. The Morgan fingerprint density at radius 1 is 1.11 bits per heavy atom. The molecule has 0 saturated carbocycles. The van der Waals surface area contributed by atoms with Crippen molar-refractivity contribution < 1.29 is 43.5 Å².